The van der Waals surface area contributed by atoms with Crippen LogP contribution in [0, 0.1) is 0 Å². The number of carbonyl (C=O) groups excluding carboxylic acids is 1. The molecule has 0 aromatic heterocycles. The Kier molecular flexibility index (Phi) is 5.95. The Balaban J connectivity index is 2.83. The third-order valence-corrected chi connectivity index (χ3v) is 2.56. The number of esters is 1. The molecule has 0 aliphatic rings. The summed E-state index contributed by atoms with van der Waals surface area (Å²) in [6, 6.07) is 6.13. The molecule has 0 saturated carbocycles. The number of hydrogen-bond acceptors (Lipinski definition) is 6. The summed E-state index contributed by atoms with van der Waals surface area (Å²) >= 11 is 0. The summed E-state index contributed by atoms with van der Waals surface area (Å²) in [4.78, 5) is 21.5. The fraction of sp³-hybridized carbons (Fsp3) is 0.385. The standard InChI is InChI=1S/C13H16O7/c1-19-12(17)6-9(14)13(18)8-4-2-3-5-10(8)20-7-11(15)16/h2-5,9,13-14,18H,6-7H2,1H3,(H,15,16). The molecule has 0 radical (unpaired) electrons. The van der Waals surface area contributed by atoms with E-state index in [1.54, 1.807) is 12.1 Å². The summed E-state index contributed by atoms with van der Waals surface area (Å²) in [6.45, 7) is -0.573. The van der Waals surface area contributed by atoms with Gasteiger partial charge in [-0.3, -0.25) is 4.79 Å². The van der Waals surface area contributed by atoms with Gasteiger partial charge in [0, 0.05) is 5.56 Å². The maximum atomic E-state index is 11.1. The van der Waals surface area contributed by atoms with Gasteiger partial charge in [0.15, 0.2) is 6.61 Å². The second-order valence-corrected chi connectivity index (χ2v) is 4.01. The number of methoxy groups -OCH3 is 1. The average Bonchev–Trinajstić information content (AvgIpc) is 2.44. The van der Waals surface area contributed by atoms with Gasteiger partial charge in [0.25, 0.3) is 0 Å². The number of carboxylic acids is 1. The van der Waals surface area contributed by atoms with Crippen molar-refractivity contribution in [1.29, 1.82) is 0 Å². The fourth-order valence-corrected chi connectivity index (χ4v) is 1.57. The minimum absolute atomic E-state index is 0.131. The van der Waals surface area contributed by atoms with Crippen molar-refractivity contribution in [2.24, 2.45) is 0 Å². The molecule has 0 aliphatic carbocycles. The van der Waals surface area contributed by atoms with Crippen molar-refractivity contribution in [3.63, 3.8) is 0 Å². The highest BCUT2D eigenvalue weighted by Crippen LogP contribution is 2.28. The molecule has 2 unspecified atom stereocenters. The Morgan fingerprint density at radius 2 is 1.90 bits per heavy atom. The van der Waals surface area contributed by atoms with Crippen LogP contribution in [0.15, 0.2) is 24.3 Å². The zero-order valence-corrected chi connectivity index (χ0v) is 10.9. The molecule has 1 aromatic rings. The number of aliphatic hydroxyl groups is 2. The zero-order chi connectivity index (χ0) is 15.1. The lowest BCUT2D eigenvalue weighted by atomic mass is 10.0. The number of ether oxygens (including phenoxy) is 2. The van der Waals surface area contributed by atoms with E-state index in [0.717, 1.165) is 0 Å². The number of carboxylic acid groups (broad SMARTS) is 1. The molecule has 20 heavy (non-hydrogen) atoms. The summed E-state index contributed by atoms with van der Waals surface area (Å²) in [7, 11) is 1.17. The van der Waals surface area contributed by atoms with E-state index >= 15 is 0 Å². The number of rotatable bonds is 7. The van der Waals surface area contributed by atoms with Gasteiger partial charge in [-0.1, -0.05) is 18.2 Å². The number of aliphatic hydroxyl groups excluding tert-OH is 2. The first-order chi connectivity index (χ1) is 9.45. The number of hydrogen-bond donors (Lipinski definition) is 3. The summed E-state index contributed by atoms with van der Waals surface area (Å²) in [6.07, 6.45) is -3.15. The van der Waals surface area contributed by atoms with Crippen molar-refractivity contribution in [2.75, 3.05) is 13.7 Å². The molecule has 7 heteroatoms. The molecule has 3 N–H and O–H groups in total. The van der Waals surface area contributed by atoms with Gasteiger partial charge in [0.05, 0.1) is 19.6 Å². The van der Waals surface area contributed by atoms with Crippen molar-refractivity contribution in [3.8, 4) is 5.75 Å². The van der Waals surface area contributed by atoms with Crippen molar-refractivity contribution in [2.45, 2.75) is 18.6 Å². The van der Waals surface area contributed by atoms with Crippen LogP contribution in [0.25, 0.3) is 0 Å². The molecule has 0 heterocycles. The van der Waals surface area contributed by atoms with Gasteiger partial charge in [-0.15, -0.1) is 0 Å². The highest BCUT2D eigenvalue weighted by Gasteiger charge is 2.24. The minimum Gasteiger partial charge on any atom is -0.482 e. The minimum atomic E-state index is -1.39. The first-order valence-electron chi connectivity index (χ1n) is 5.82. The summed E-state index contributed by atoms with van der Waals surface area (Å²) in [5.41, 5.74) is 0.199. The second-order valence-electron chi connectivity index (χ2n) is 4.01. The molecule has 110 valence electrons. The molecule has 0 aliphatic heterocycles. The lowest BCUT2D eigenvalue weighted by Crippen LogP contribution is -2.23. The van der Waals surface area contributed by atoms with Gasteiger partial charge in [-0.25, -0.2) is 4.79 Å². The highest BCUT2D eigenvalue weighted by molar-refractivity contribution is 5.70. The fourth-order valence-electron chi connectivity index (χ4n) is 1.57. The van der Waals surface area contributed by atoms with Crippen LogP contribution in [0.1, 0.15) is 18.1 Å². The SMILES string of the molecule is COC(=O)CC(O)C(O)c1ccccc1OCC(=O)O. The van der Waals surface area contributed by atoms with Crippen LogP contribution in [-0.2, 0) is 14.3 Å². The molecule has 0 spiro atoms. The zero-order valence-electron chi connectivity index (χ0n) is 10.9. The van der Waals surface area contributed by atoms with E-state index in [0.29, 0.717) is 0 Å². The highest BCUT2D eigenvalue weighted by atomic mass is 16.5. The van der Waals surface area contributed by atoms with Gasteiger partial charge in [0.1, 0.15) is 11.9 Å². The van der Waals surface area contributed by atoms with Gasteiger partial charge in [0.2, 0.25) is 0 Å². The lowest BCUT2D eigenvalue weighted by Gasteiger charge is -2.19. The van der Waals surface area contributed by atoms with Crippen LogP contribution >= 0.6 is 0 Å². The topological polar surface area (TPSA) is 113 Å². The summed E-state index contributed by atoms with van der Waals surface area (Å²) in [5.74, 6) is -1.70. The lowest BCUT2D eigenvalue weighted by molar-refractivity contribution is -0.144. The Morgan fingerprint density at radius 3 is 2.50 bits per heavy atom. The molecule has 2 atom stereocenters. The molecular weight excluding hydrogens is 268 g/mol. The van der Waals surface area contributed by atoms with Crippen LogP contribution in [0.3, 0.4) is 0 Å². The third kappa shape index (κ3) is 4.52. The smallest absolute Gasteiger partial charge is 0.341 e. The van der Waals surface area contributed by atoms with Crippen LogP contribution in [-0.4, -0.2) is 47.1 Å². The quantitative estimate of drug-likeness (QED) is 0.609. The number of benzene rings is 1. The van der Waals surface area contributed by atoms with E-state index < -0.39 is 30.8 Å². The normalized spacial score (nSPS) is 13.3. The summed E-state index contributed by atoms with van der Waals surface area (Å²) in [5, 5.41) is 28.3. The third-order valence-electron chi connectivity index (χ3n) is 2.56. The maximum Gasteiger partial charge on any atom is 0.341 e. The van der Waals surface area contributed by atoms with E-state index in [1.165, 1.54) is 19.2 Å². The molecule has 1 rings (SSSR count). The number of aliphatic carboxylic acids is 1. The first-order valence-corrected chi connectivity index (χ1v) is 5.82. The maximum absolute atomic E-state index is 11.1. The predicted octanol–water partition coefficient (Wildman–Crippen LogP) is 0.107. The van der Waals surface area contributed by atoms with E-state index in [-0.39, 0.29) is 17.7 Å². The van der Waals surface area contributed by atoms with Crippen LogP contribution in [0.5, 0.6) is 5.75 Å². The predicted molar refractivity (Wildman–Crippen MR) is 67.2 cm³/mol. The van der Waals surface area contributed by atoms with Crippen molar-refractivity contribution in [1.82, 2.24) is 0 Å². The first kappa shape index (κ1) is 15.9. The van der Waals surface area contributed by atoms with Crippen LogP contribution in [0.2, 0.25) is 0 Å². The van der Waals surface area contributed by atoms with Gasteiger partial charge in [-0.2, -0.15) is 0 Å². The van der Waals surface area contributed by atoms with Gasteiger partial charge < -0.3 is 24.8 Å². The molecular formula is C13H16O7. The average molecular weight is 284 g/mol. The second kappa shape index (κ2) is 7.46. The van der Waals surface area contributed by atoms with Crippen LogP contribution < -0.4 is 4.74 Å². The van der Waals surface area contributed by atoms with E-state index in [1.807, 2.05) is 0 Å². The molecule has 1 aromatic carbocycles. The molecule has 0 bridgehead atoms. The Morgan fingerprint density at radius 1 is 1.25 bits per heavy atom. The van der Waals surface area contributed by atoms with Gasteiger partial charge in [-0.05, 0) is 6.07 Å². The number of carbonyl (C=O) groups is 2. The van der Waals surface area contributed by atoms with E-state index in [4.69, 9.17) is 9.84 Å². The monoisotopic (exact) mass is 284 g/mol. The number of para-hydroxylation sites is 1. The van der Waals surface area contributed by atoms with Crippen LogP contribution in [0.4, 0.5) is 0 Å². The Bertz CT molecular complexity index is 472. The largest absolute Gasteiger partial charge is 0.482 e. The van der Waals surface area contributed by atoms with Crippen molar-refractivity contribution >= 4 is 11.9 Å². The van der Waals surface area contributed by atoms with E-state index in [9.17, 15) is 19.8 Å². The Labute approximate surface area is 115 Å². The molecule has 0 saturated heterocycles. The Hall–Kier alpha value is -2.12. The van der Waals surface area contributed by atoms with Crippen molar-refractivity contribution < 1.29 is 34.4 Å². The summed E-state index contributed by atoms with van der Waals surface area (Å²) < 4.78 is 9.41. The van der Waals surface area contributed by atoms with Crippen molar-refractivity contribution in [3.05, 3.63) is 29.8 Å². The van der Waals surface area contributed by atoms with E-state index in [2.05, 4.69) is 4.74 Å². The molecule has 0 amide bonds. The van der Waals surface area contributed by atoms with Gasteiger partial charge >= 0.3 is 11.9 Å². The molecule has 0 fully saturated rings. The molecule has 7 nitrogen and oxygen atoms in total.